The largest absolute Gasteiger partial charge is 0.162 e. The standard InChI is InChI=1S/C17H35BrS/c1-2-3-4-5-6-7-8-9-10-13-16-19-17-14-11-12-15-18/h2-17H2,1H3. The lowest BCUT2D eigenvalue weighted by atomic mass is 10.1. The zero-order chi connectivity index (χ0) is 14.0. The van der Waals surface area contributed by atoms with Gasteiger partial charge in [-0.2, -0.15) is 11.8 Å². The van der Waals surface area contributed by atoms with Gasteiger partial charge in [0.1, 0.15) is 0 Å². The summed E-state index contributed by atoms with van der Waals surface area (Å²) < 4.78 is 0. The lowest BCUT2D eigenvalue weighted by Gasteiger charge is -2.03. The van der Waals surface area contributed by atoms with Crippen LogP contribution in [0.15, 0.2) is 0 Å². The van der Waals surface area contributed by atoms with Gasteiger partial charge in [-0.3, -0.25) is 0 Å². The number of thioether (sulfide) groups is 1. The molecule has 0 fully saturated rings. The third-order valence-corrected chi connectivity index (χ3v) is 5.28. The molecule has 0 aromatic heterocycles. The number of rotatable bonds is 16. The zero-order valence-electron chi connectivity index (χ0n) is 13.1. The Bertz CT molecular complexity index is 134. The average Bonchev–Trinajstić information content (AvgIpc) is 2.43. The van der Waals surface area contributed by atoms with Crippen LogP contribution in [-0.2, 0) is 0 Å². The minimum absolute atomic E-state index is 1.18. The third-order valence-electron chi connectivity index (χ3n) is 3.56. The second-order valence-electron chi connectivity index (χ2n) is 5.54. The molecule has 0 nitrogen and oxygen atoms in total. The summed E-state index contributed by atoms with van der Waals surface area (Å²) in [6, 6.07) is 0. The maximum absolute atomic E-state index is 3.48. The Kier molecular flexibility index (Phi) is 19.7. The second kappa shape index (κ2) is 18.8. The first-order valence-corrected chi connectivity index (χ1v) is 10.8. The van der Waals surface area contributed by atoms with Gasteiger partial charge >= 0.3 is 0 Å². The molecule has 0 saturated heterocycles. The molecule has 0 saturated carbocycles. The number of halogens is 1. The first-order valence-electron chi connectivity index (χ1n) is 8.55. The van der Waals surface area contributed by atoms with Crippen molar-refractivity contribution in [3.05, 3.63) is 0 Å². The third kappa shape index (κ3) is 18.8. The van der Waals surface area contributed by atoms with Gasteiger partial charge in [0.25, 0.3) is 0 Å². The van der Waals surface area contributed by atoms with Crippen LogP contribution in [-0.4, -0.2) is 16.8 Å². The van der Waals surface area contributed by atoms with Gasteiger partial charge in [-0.1, -0.05) is 87.1 Å². The maximum atomic E-state index is 3.48. The average molecular weight is 351 g/mol. The fourth-order valence-corrected chi connectivity index (χ4v) is 3.69. The van der Waals surface area contributed by atoms with Crippen molar-refractivity contribution < 1.29 is 0 Å². The lowest BCUT2D eigenvalue weighted by molar-refractivity contribution is 0.563. The summed E-state index contributed by atoms with van der Waals surface area (Å²) >= 11 is 5.65. The van der Waals surface area contributed by atoms with Gasteiger partial charge in [0.2, 0.25) is 0 Å². The van der Waals surface area contributed by atoms with Crippen molar-refractivity contribution in [3.63, 3.8) is 0 Å². The van der Waals surface area contributed by atoms with Crippen LogP contribution in [0.2, 0.25) is 0 Å². The van der Waals surface area contributed by atoms with E-state index in [9.17, 15) is 0 Å². The molecule has 0 aromatic rings. The molecule has 0 rings (SSSR count). The number of alkyl halides is 1. The highest BCUT2D eigenvalue weighted by atomic mass is 79.9. The van der Waals surface area contributed by atoms with E-state index in [1.165, 1.54) is 100 Å². The minimum Gasteiger partial charge on any atom is -0.162 e. The fourth-order valence-electron chi connectivity index (χ4n) is 2.27. The van der Waals surface area contributed by atoms with Crippen molar-refractivity contribution in [1.29, 1.82) is 0 Å². The molecule has 0 aliphatic heterocycles. The molecule has 19 heavy (non-hydrogen) atoms. The smallest absolute Gasteiger partial charge is 0.00313 e. The highest BCUT2D eigenvalue weighted by molar-refractivity contribution is 9.09. The lowest BCUT2D eigenvalue weighted by Crippen LogP contribution is -1.87. The van der Waals surface area contributed by atoms with Gasteiger partial charge in [-0.15, -0.1) is 0 Å². The maximum Gasteiger partial charge on any atom is 0.00313 e. The predicted octanol–water partition coefficient (Wildman–Crippen LogP) is 7.21. The molecule has 0 amide bonds. The van der Waals surface area contributed by atoms with Crippen molar-refractivity contribution in [2.75, 3.05) is 16.8 Å². The molecule has 0 atom stereocenters. The molecule has 0 spiro atoms. The van der Waals surface area contributed by atoms with Crippen LogP contribution in [0.1, 0.15) is 90.4 Å². The summed E-state index contributed by atoms with van der Waals surface area (Å²) in [5.41, 5.74) is 0. The summed E-state index contributed by atoms with van der Waals surface area (Å²) in [6.07, 6.45) is 18.7. The first kappa shape index (κ1) is 19.8. The van der Waals surface area contributed by atoms with Gasteiger partial charge in [-0.25, -0.2) is 0 Å². The second-order valence-corrected chi connectivity index (χ2v) is 7.56. The molecular formula is C17H35BrS. The van der Waals surface area contributed by atoms with Crippen LogP contribution in [0.3, 0.4) is 0 Å². The van der Waals surface area contributed by atoms with Crippen molar-refractivity contribution in [3.8, 4) is 0 Å². The molecule has 0 aromatic carbocycles. The van der Waals surface area contributed by atoms with E-state index >= 15 is 0 Å². The molecule has 116 valence electrons. The van der Waals surface area contributed by atoms with E-state index < -0.39 is 0 Å². The Morgan fingerprint density at radius 1 is 0.579 bits per heavy atom. The number of hydrogen-bond donors (Lipinski definition) is 0. The Hall–Kier alpha value is 0.830. The Morgan fingerprint density at radius 2 is 1.00 bits per heavy atom. The molecular weight excluding hydrogens is 316 g/mol. The van der Waals surface area contributed by atoms with Gasteiger partial charge in [0.15, 0.2) is 0 Å². The van der Waals surface area contributed by atoms with Crippen molar-refractivity contribution in [2.24, 2.45) is 0 Å². The van der Waals surface area contributed by atoms with E-state index in [0.29, 0.717) is 0 Å². The van der Waals surface area contributed by atoms with Gasteiger partial charge in [0.05, 0.1) is 0 Å². The molecule has 0 bridgehead atoms. The quantitative estimate of drug-likeness (QED) is 0.209. The van der Waals surface area contributed by atoms with Crippen LogP contribution in [0.5, 0.6) is 0 Å². The SMILES string of the molecule is CCCCCCCCCCCCSCCCCCBr. The van der Waals surface area contributed by atoms with E-state index in [-0.39, 0.29) is 0 Å². The topological polar surface area (TPSA) is 0 Å². The summed E-state index contributed by atoms with van der Waals surface area (Å²) in [5, 5.41) is 1.18. The number of unbranched alkanes of at least 4 members (excludes halogenated alkanes) is 11. The minimum atomic E-state index is 1.18. The zero-order valence-corrected chi connectivity index (χ0v) is 15.5. The van der Waals surface area contributed by atoms with Crippen molar-refractivity contribution in [2.45, 2.75) is 90.4 Å². The summed E-state index contributed by atoms with van der Waals surface area (Å²) in [5.74, 6) is 2.77. The molecule has 0 aliphatic rings. The van der Waals surface area contributed by atoms with Crippen LogP contribution in [0.25, 0.3) is 0 Å². The Morgan fingerprint density at radius 3 is 1.47 bits per heavy atom. The highest BCUT2D eigenvalue weighted by Crippen LogP contribution is 2.13. The van der Waals surface area contributed by atoms with E-state index in [2.05, 4.69) is 34.6 Å². The first-order chi connectivity index (χ1) is 9.41. The Balaban J connectivity index is 2.88. The predicted molar refractivity (Wildman–Crippen MR) is 96.8 cm³/mol. The van der Waals surface area contributed by atoms with Gasteiger partial charge in [-0.05, 0) is 30.8 Å². The fraction of sp³-hybridized carbons (Fsp3) is 1.00. The molecule has 2 heteroatoms. The molecule has 0 unspecified atom stereocenters. The van der Waals surface area contributed by atoms with E-state index in [4.69, 9.17) is 0 Å². The van der Waals surface area contributed by atoms with E-state index in [0.717, 1.165) is 0 Å². The molecule has 0 aliphatic carbocycles. The number of hydrogen-bond acceptors (Lipinski definition) is 1. The van der Waals surface area contributed by atoms with Crippen molar-refractivity contribution in [1.82, 2.24) is 0 Å². The molecule has 0 N–H and O–H groups in total. The Labute approximate surface area is 135 Å². The van der Waals surface area contributed by atoms with Crippen LogP contribution in [0.4, 0.5) is 0 Å². The summed E-state index contributed by atoms with van der Waals surface area (Å²) in [7, 11) is 0. The molecule has 0 heterocycles. The van der Waals surface area contributed by atoms with Crippen LogP contribution < -0.4 is 0 Å². The van der Waals surface area contributed by atoms with Crippen LogP contribution in [0, 0.1) is 0 Å². The van der Waals surface area contributed by atoms with E-state index in [1.54, 1.807) is 0 Å². The van der Waals surface area contributed by atoms with Gasteiger partial charge < -0.3 is 0 Å². The van der Waals surface area contributed by atoms with Crippen molar-refractivity contribution >= 4 is 27.7 Å². The molecule has 0 radical (unpaired) electrons. The summed E-state index contributed by atoms with van der Waals surface area (Å²) in [6.45, 7) is 2.29. The summed E-state index contributed by atoms with van der Waals surface area (Å²) in [4.78, 5) is 0. The normalized spacial score (nSPS) is 11.1. The van der Waals surface area contributed by atoms with Crippen LogP contribution >= 0.6 is 27.7 Å². The van der Waals surface area contributed by atoms with Gasteiger partial charge in [0, 0.05) is 5.33 Å². The highest BCUT2D eigenvalue weighted by Gasteiger charge is 1.94. The monoisotopic (exact) mass is 350 g/mol. The van der Waals surface area contributed by atoms with E-state index in [1.807, 2.05) is 0 Å².